The molecule has 35 heavy (non-hydrogen) atoms. The average Bonchev–Trinajstić information content (AvgIpc) is 3.63. The van der Waals surface area contributed by atoms with E-state index in [1.807, 2.05) is 42.6 Å². The SMILES string of the molecule is COc1ccc(CN2C(=O)c3cc(-c4cccs4)nn3C[C@]2(C)C(=O)NC2CCCC2)c(OC)c1. The first-order valence-corrected chi connectivity index (χ1v) is 12.8. The average molecular weight is 495 g/mol. The van der Waals surface area contributed by atoms with Crippen LogP contribution in [0.15, 0.2) is 41.8 Å². The van der Waals surface area contributed by atoms with E-state index in [0.29, 0.717) is 17.2 Å². The molecule has 2 aromatic heterocycles. The summed E-state index contributed by atoms with van der Waals surface area (Å²) in [5, 5.41) is 9.91. The molecule has 3 heterocycles. The molecule has 0 saturated heterocycles. The molecule has 1 aliphatic carbocycles. The van der Waals surface area contributed by atoms with E-state index in [-0.39, 0.29) is 30.9 Å². The summed E-state index contributed by atoms with van der Waals surface area (Å²) in [6.45, 7) is 2.33. The summed E-state index contributed by atoms with van der Waals surface area (Å²) >= 11 is 1.57. The van der Waals surface area contributed by atoms with Crippen LogP contribution in [0.1, 0.15) is 48.7 Å². The third-order valence-electron chi connectivity index (χ3n) is 7.07. The molecular weight excluding hydrogens is 464 g/mol. The predicted molar refractivity (Wildman–Crippen MR) is 134 cm³/mol. The number of nitrogens with zero attached hydrogens (tertiary/aromatic N) is 3. The van der Waals surface area contributed by atoms with Gasteiger partial charge in [0.15, 0.2) is 0 Å². The Morgan fingerprint density at radius 1 is 1.20 bits per heavy atom. The van der Waals surface area contributed by atoms with Gasteiger partial charge >= 0.3 is 0 Å². The van der Waals surface area contributed by atoms with Gasteiger partial charge in [-0.3, -0.25) is 14.3 Å². The summed E-state index contributed by atoms with van der Waals surface area (Å²) in [5.74, 6) is 0.891. The summed E-state index contributed by atoms with van der Waals surface area (Å²) in [5.41, 5.74) is 0.905. The summed E-state index contributed by atoms with van der Waals surface area (Å²) in [6, 6.07) is 11.4. The Bertz CT molecular complexity index is 1230. The molecule has 1 N–H and O–H groups in total. The number of amides is 2. The van der Waals surface area contributed by atoms with Gasteiger partial charge in [-0.1, -0.05) is 18.9 Å². The highest BCUT2D eigenvalue weighted by molar-refractivity contribution is 7.13. The molecule has 8 nitrogen and oxygen atoms in total. The first kappa shape index (κ1) is 23.4. The summed E-state index contributed by atoms with van der Waals surface area (Å²) in [7, 11) is 3.18. The molecule has 3 aromatic rings. The fourth-order valence-electron chi connectivity index (χ4n) is 5.00. The second-order valence-electron chi connectivity index (χ2n) is 9.35. The van der Waals surface area contributed by atoms with E-state index in [2.05, 4.69) is 5.32 Å². The van der Waals surface area contributed by atoms with Crippen molar-refractivity contribution >= 4 is 23.2 Å². The van der Waals surface area contributed by atoms with Crippen molar-refractivity contribution in [1.82, 2.24) is 20.0 Å². The lowest BCUT2D eigenvalue weighted by Gasteiger charge is -2.43. The number of benzene rings is 1. The van der Waals surface area contributed by atoms with E-state index in [4.69, 9.17) is 14.6 Å². The van der Waals surface area contributed by atoms with Crippen molar-refractivity contribution < 1.29 is 19.1 Å². The van der Waals surface area contributed by atoms with Gasteiger partial charge in [0.2, 0.25) is 5.91 Å². The molecule has 2 aliphatic rings. The molecule has 184 valence electrons. The smallest absolute Gasteiger partial charge is 0.273 e. The maximum Gasteiger partial charge on any atom is 0.273 e. The van der Waals surface area contributed by atoms with Gasteiger partial charge in [0.05, 0.1) is 32.2 Å². The van der Waals surface area contributed by atoms with Crippen LogP contribution in [0.25, 0.3) is 10.6 Å². The van der Waals surface area contributed by atoms with E-state index >= 15 is 0 Å². The largest absolute Gasteiger partial charge is 0.497 e. The maximum absolute atomic E-state index is 13.9. The van der Waals surface area contributed by atoms with E-state index in [0.717, 1.165) is 41.8 Å². The minimum Gasteiger partial charge on any atom is -0.497 e. The van der Waals surface area contributed by atoms with Crippen LogP contribution >= 0.6 is 11.3 Å². The van der Waals surface area contributed by atoms with E-state index < -0.39 is 5.54 Å². The second-order valence-corrected chi connectivity index (χ2v) is 10.3. The lowest BCUT2D eigenvalue weighted by molar-refractivity contribution is -0.134. The molecule has 0 spiro atoms. The number of thiophene rings is 1. The maximum atomic E-state index is 13.9. The van der Waals surface area contributed by atoms with Gasteiger partial charge in [-0.25, -0.2) is 0 Å². The zero-order chi connectivity index (χ0) is 24.6. The molecule has 0 radical (unpaired) electrons. The van der Waals surface area contributed by atoms with Crippen LogP contribution < -0.4 is 14.8 Å². The first-order chi connectivity index (χ1) is 16.9. The van der Waals surface area contributed by atoms with E-state index in [1.165, 1.54) is 0 Å². The van der Waals surface area contributed by atoms with Gasteiger partial charge in [0.1, 0.15) is 28.4 Å². The van der Waals surface area contributed by atoms with E-state index in [9.17, 15) is 9.59 Å². The van der Waals surface area contributed by atoms with Crippen LogP contribution in [-0.2, 0) is 17.9 Å². The van der Waals surface area contributed by atoms with E-state index in [1.54, 1.807) is 41.2 Å². The standard InChI is InChI=1S/C26H30N4O4S/c1-26(25(32)27-18-7-4-5-8-18)16-30-21(14-20(28-30)23-9-6-12-35-23)24(31)29(26)15-17-10-11-19(33-2)13-22(17)34-3/h6,9-14,18H,4-5,7-8,15-16H2,1-3H3,(H,27,32)/t26-/m1/s1. The quantitative estimate of drug-likeness (QED) is 0.535. The minimum atomic E-state index is -1.11. The van der Waals surface area contributed by atoms with Crippen molar-refractivity contribution in [3.8, 4) is 22.1 Å². The molecule has 1 aliphatic heterocycles. The van der Waals surface area contributed by atoms with Crippen LogP contribution in [0.3, 0.4) is 0 Å². The number of ether oxygens (including phenoxy) is 2. The molecule has 1 aromatic carbocycles. The zero-order valence-electron chi connectivity index (χ0n) is 20.2. The molecule has 9 heteroatoms. The minimum absolute atomic E-state index is 0.146. The van der Waals surface area contributed by atoms with Crippen molar-refractivity contribution in [2.75, 3.05) is 14.2 Å². The van der Waals surface area contributed by atoms with Gasteiger partial charge < -0.3 is 19.7 Å². The van der Waals surface area contributed by atoms with Crippen molar-refractivity contribution in [2.24, 2.45) is 0 Å². The van der Waals surface area contributed by atoms with Crippen LogP contribution in [0, 0.1) is 0 Å². The summed E-state index contributed by atoms with van der Waals surface area (Å²) < 4.78 is 12.6. The molecular formula is C26H30N4O4S. The Morgan fingerprint density at radius 2 is 2.00 bits per heavy atom. The van der Waals surface area contributed by atoms with Gasteiger partial charge in [-0.2, -0.15) is 5.10 Å². The number of rotatable bonds is 7. The number of fused-ring (bicyclic) bond motifs is 1. The normalized spacial score (nSPS) is 20.1. The van der Waals surface area contributed by atoms with Crippen molar-refractivity contribution in [3.05, 3.63) is 53.0 Å². The van der Waals surface area contributed by atoms with Crippen molar-refractivity contribution in [2.45, 2.75) is 57.3 Å². The Hall–Kier alpha value is -3.33. The highest BCUT2D eigenvalue weighted by Gasteiger charge is 2.48. The molecule has 2 amide bonds. The number of hydrogen-bond donors (Lipinski definition) is 1. The highest BCUT2D eigenvalue weighted by atomic mass is 32.1. The van der Waals surface area contributed by atoms with Gasteiger partial charge in [0.25, 0.3) is 5.91 Å². The van der Waals surface area contributed by atoms with Crippen molar-refractivity contribution in [1.29, 1.82) is 0 Å². The fraction of sp³-hybridized carbons (Fsp3) is 0.423. The fourth-order valence-corrected chi connectivity index (χ4v) is 5.68. The Balaban J connectivity index is 1.53. The molecule has 1 atom stereocenters. The lowest BCUT2D eigenvalue weighted by Crippen LogP contribution is -2.64. The zero-order valence-corrected chi connectivity index (χ0v) is 21.1. The van der Waals surface area contributed by atoms with Gasteiger partial charge in [-0.05, 0) is 49.4 Å². The molecule has 5 rings (SSSR count). The number of carbonyl (C=O) groups excluding carboxylic acids is 2. The van der Waals surface area contributed by atoms with Crippen LogP contribution in [0.4, 0.5) is 0 Å². The van der Waals surface area contributed by atoms with Crippen molar-refractivity contribution in [3.63, 3.8) is 0 Å². The number of aromatic nitrogens is 2. The van der Waals surface area contributed by atoms with Crippen LogP contribution in [0.2, 0.25) is 0 Å². The number of hydrogen-bond acceptors (Lipinski definition) is 6. The van der Waals surface area contributed by atoms with Crippen LogP contribution in [0.5, 0.6) is 11.5 Å². The molecule has 1 fully saturated rings. The number of carbonyl (C=O) groups is 2. The Kier molecular flexibility index (Phi) is 6.27. The topological polar surface area (TPSA) is 85.7 Å². The third kappa shape index (κ3) is 4.29. The van der Waals surface area contributed by atoms with Gasteiger partial charge in [-0.15, -0.1) is 11.3 Å². The lowest BCUT2D eigenvalue weighted by atomic mass is 9.93. The number of methoxy groups -OCH3 is 2. The highest BCUT2D eigenvalue weighted by Crippen LogP contribution is 2.35. The monoisotopic (exact) mass is 494 g/mol. The molecule has 1 saturated carbocycles. The van der Waals surface area contributed by atoms with Crippen LogP contribution in [-0.4, -0.2) is 52.3 Å². The summed E-state index contributed by atoms with van der Waals surface area (Å²) in [4.78, 5) is 30.3. The Labute approximate surface area is 208 Å². The predicted octanol–water partition coefficient (Wildman–Crippen LogP) is 4.10. The molecule has 0 bridgehead atoms. The Morgan fingerprint density at radius 3 is 2.69 bits per heavy atom. The third-order valence-corrected chi connectivity index (χ3v) is 7.97. The van der Waals surface area contributed by atoms with Gasteiger partial charge in [0, 0.05) is 17.7 Å². The second kappa shape index (κ2) is 9.37. The first-order valence-electron chi connectivity index (χ1n) is 11.9. The number of nitrogens with one attached hydrogen (secondary N) is 1. The molecule has 0 unspecified atom stereocenters. The summed E-state index contributed by atoms with van der Waals surface area (Å²) in [6.07, 6.45) is 4.16.